The number of aromatic nitrogens is 1. The minimum atomic E-state index is -0.465. The Labute approximate surface area is 153 Å². The average Bonchev–Trinajstić information content (AvgIpc) is 2.96. The first kappa shape index (κ1) is 17.8. The second-order valence-electron chi connectivity index (χ2n) is 5.74. The number of carbonyl (C=O) groups excluding carboxylic acids is 1. The van der Waals surface area contributed by atoms with Gasteiger partial charge in [-0.1, -0.05) is 29.5 Å². The highest BCUT2D eigenvalue weighted by Gasteiger charge is 2.07. The van der Waals surface area contributed by atoms with Crippen LogP contribution >= 0.6 is 11.3 Å². The van der Waals surface area contributed by atoms with E-state index in [1.807, 2.05) is 30.5 Å². The molecule has 2 aromatic carbocycles. The number of hydrogen-bond acceptors (Lipinski definition) is 4. The van der Waals surface area contributed by atoms with Crippen molar-refractivity contribution in [3.63, 3.8) is 0 Å². The summed E-state index contributed by atoms with van der Waals surface area (Å²) in [6.07, 6.45) is 2.86. The van der Waals surface area contributed by atoms with E-state index in [4.69, 9.17) is 0 Å². The summed E-state index contributed by atoms with van der Waals surface area (Å²) in [6.45, 7) is 4.75. The summed E-state index contributed by atoms with van der Waals surface area (Å²) < 4.78 is 3.08. The van der Waals surface area contributed by atoms with Crippen molar-refractivity contribution in [2.24, 2.45) is 4.99 Å². The van der Waals surface area contributed by atoms with Crippen LogP contribution < -0.4 is 4.80 Å². The van der Waals surface area contributed by atoms with E-state index in [2.05, 4.69) is 11.1 Å². The Balaban J connectivity index is 1.92. The summed E-state index contributed by atoms with van der Waals surface area (Å²) in [4.78, 5) is 27.4. The molecule has 0 aliphatic heterocycles. The monoisotopic (exact) mass is 367 g/mol. The summed E-state index contributed by atoms with van der Waals surface area (Å²) in [5, 5.41) is 10.8. The van der Waals surface area contributed by atoms with E-state index in [0.717, 1.165) is 15.8 Å². The number of aryl methyl sites for hydroxylation is 2. The molecule has 26 heavy (non-hydrogen) atoms. The third-order valence-corrected chi connectivity index (χ3v) is 4.90. The fraction of sp³-hybridized carbons (Fsp3) is 0.158. The van der Waals surface area contributed by atoms with Gasteiger partial charge in [-0.2, -0.15) is 4.99 Å². The molecule has 7 heteroatoms. The van der Waals surface area contributed by atoms with Gasteiger partial charge in [0.2, 0.25) is 0 Å². The van der Waals surface area contributed by atoms with Gasteiger partial charge in [-0.25, -0.2) is 0 Å². The van der Waals surface area contributed by atoms with Crippen LogP contribution in [0, 0.1) is 17.0 Å². The molecule has 1 heterocycles. The van der Waals surface area contributed by atoms with Crippen LogP contribution in [0.25, 0.3) is 16.3 Å². The molecule has 1 amide bonds. The van der Waals surface area contributed by atoms with Crippen molar-refractivity contribution in [1.29, 1.82) is 0 Å². The third kappa shape index (κ3) is 3.78. The Morgan fingerprint density at radius 2 is 2.12 bits per heavy atom. The van der Waals surface area contributed by atoms with Crippen molar-refractivity contribution >= 4 is 39.2 Å². The number of carbonyl (C=O) groups is 1. The molecule has 6 nitrogen and oxygen atoms in total. The van der Waals surface area contributed by atoms with Gasteiger partial charge < -0.3 is 4.57 Å². The third-order valence-electron chi connectivity index (χ3n) is 3.86. The van der Waals surface area contributed by atoms with Crippen LogP contribution in [0.1, 0.15) is 18.1 Å². The minimum absolute atomic E-state index is 0.0137. The zero-order chi connectivity index (χ0) is 18.7. The van der Waals surface area contributed by atoms with E-state index in [9.17, 15) is 14.9 Å². The Bertz CT molecular complexity index is 1090. The molecule has 1 aromatic heterocycles. The van der Waals surface area contributed by atoms with E-state index >= 15 is 0 Å². The van der Waals surface area contributed by atoms with Gasteiger partial charge in [-0.3, -0.25) is 14.9 Å². The van der Waals surface area contributed by atoms with E-state index in [-0.39, 0.29) is 5.69 Å². The lowest BCUT2D eigenvalue weighted by atomic mass is 10.2. The van der Waals surface area contributed by atoms with Crippen LogP contribution in [-0.2, 0) is 11.3 Å². The smallest absolute Gasteiger partial charge is 0.272 e. The van der Waals surface area contributed by atoms with Crippen molar-refractivity contribution in [3.05, 3.63) is 74.6 Å². The molecule has 0 saturated carbocycles. The maximum absolute atomic E-state index is 12.2. The maximum atomic E-state index is 12.2. The van der Waals surface area contributed by atoms with Gasteiger partial charge in [0.1, 0.15) is 0 Å². The SMILES string of the molecule is CCn1c(=NC(=O)/C=C/c2cccc([N+](=O)[O-])c2)sc2cc(C)ccc21. The van der Waals surface area contributed by atoms with Gasteiger partial charge in [0.15, 0.2) is 4.80 Å². The Kier molecular flexibility index (Phi) is 5.09. The fourth-order valence-corrected chi connectivity index (χ4v) is 3.81. The molecule has 0 radical (unpaired) electrons. The highest BCUT2D eigenvalue weighted by molar-refractivity contribution is 7.16. The summed E-state index contributed by atoms with van der Waals surface area (Å²) in [7, 11) is 0. The lowest BCUT2D eigenvalue weighted by Gasteiger charge is -1.99. The standard InChI is InChI=1S/C19H17N3O3S/c1-3-21-16-9-7-13(2)11-17(16)26-19(21)20-18(23)10-8-14-5-4-6-15(12-14)22(24)25/h4-12H,3H2,1-2H3/b10-8+,20-19?. The second-order valence-corrected chi connectivity index (χ2v) is 6.74. The molecular formula is C19H17N3O3S. The van der Waals surface area contributed by atoms with Crippen LogP contribution in [0.15, 0.2) is 53.5 Å². The molecule has 0 unspecified atom stereocenters. The summed E-state index contributed by atoms with van der Waals surface area (Å²) in [6, 6.07) is 12.3. The van der Waals surface area contributed by atoms with Gasteiger partial charge >= 0.3 is 0 Å². The van der Waals surface area contributed by atoms with Crippen molar-refractivity contribution in [2.45, 2.75) is 20.4 Å². The zero-order valence-electron chi connectivity index (χ0n) is 14.4. The van der Waals surface area contributed by atoms with Crippen LogP contribution in [-0.4, -0.2) is 15.4 Å². The molecule has 0 spiro atoms. The first-order valence-corrected chi connectivity index (χ1v) is 8.91. The number of amides is 1. The number of benzene rings is 2. The predicted molar refractivity (Wildman–Crippen MR) is 103 cm³/mol. The van der Waals surface area contributed by atoms with Gasteiger partial charge in [-0.05, 0) is 43.2 Å². The number of nitro groups is 1. The number of hydrogen-bond donors (Lipinski definition) is 0. The van der Waals surface area contributed by atoms with E-state index < -0.39 is 10.8 Å². The van der Waals surface area contributed by atoms with Gasteiger partial charge in [0.05, 0.1) is 15.1 Å². The molecule has 0 aliphatic carbocycles. The van der Waals surface area contributed by atoms with Gasteiger partial charge in [0, 0.05) is 24.8 Å². The Morgan fingerprint density at radius 3 is 2.85 bits per heavy atom. The molecule has 3 aromatic rings. The Morgan fingerprint density at radius 1 is 1.31 bits per heavy atom. The summed E-state index contributed by atoms with van der Waals surface area (Å²) >= 11 is 1.47. The number of rotatable bonds is 4. The zero-order valence-corrected chi connectivity index (χ0v) is 15.2. The molecule has 0 N–H and O–H groups in total. The highest BCUT2D eigenvalue weighted by atomic mass is 32.1. The van der Waals surface area contributed by atoms with Crippen LogP contribution in [0.5, 0.6) is 0 Å². The molecular weight excluding hydrogens is 350 g/mol. The number of nitro benzene ring substituents is 1. The molecule has 132 valence electrons. The van der Waals surface area contributed by atoms with Crippen molar-refractivity contribution in [3.8, 4) is 0 Å². The van der Waals surface area contributed by atoms with Crippen LogP contribution in [0.4, 0.5) is 5.69 Å². The largest absolute Gasteiger partial charge is 0.317 e. The second kappa shape index (κ2) is 7.45. The Hall–Kier alpha value is -3.06. The average molecular weight is 367 g/mol. The van der Waals surface area contributed by atoms with E-state index in [1.54, 1.807) is 12.1 Å². The molecule has 0 fully saturated rings. The van der Waals surface area contributed by atoms with E-state index in [1.165, 1.54) is 35.6 Å². The summed E-state index contributed by atoms with van der Waals surface area (Å²) in [5.74, 6) is -0.401. The fourth-order valence-electron chi connectivity index (χ4n) is 2.61. The maximum Gasteiger partial charge on any atom is 0.272 e. The number of thiazole rings is 1. The lowest BCUT2D eigenvalue weighted by molar-refractivity contribution is -0.384. The molecule has 0 bridgehead atoms. The molecule has 0 saturated heterocycles. The lowest BCUT2D eigenvalue weighted by Crippen LogP contribution is -2.15. The highest BCUT2D eigenvalue weighted by Crippen LogP contribution is 2.19. The van der Waals surface area contributed by atoms with Crippen LogP contribution in [0.2, 0.25) is 0 Å². The van der Waals surface area contributed by atoms with Crippen molar-refractivity contribution < 1.29 is 9.72 Å². The summed E-state index contributed by atoms with van der Waals surface area (Å²) in [5.41, 5.74) is 2.78. The first-order chi connectivity index (χ1) is 12.5. The topological polar surface area (TPSA) is 77.5 Å². The van der Waals surface area contributed by atoms with Gasteiger partial charge in [0.25, 0.3) is 11.6 Å². The number of nitrogens with zero attached hydrogens (tertiary/aromatic N) is 3. The van der Waals surface area contributed by atoms with Gasteiger partial charge in [-0.15, -0.1) is 0 Å². The van der Waals surface area contributed by atoms with Crippen molar-refractivity contribution in [2.75, 3.05) is 0 Å². The molecule has 3 rings (SSSR count). The van der Waals surface area contributed by atoms with Crippen molar-refractivity contribution in [1.82, 2.24) is 4.57 Å². The minimum Gasteiger partial charge on any atom is -0.317 e. The number of non-ortho nitro benzene ring substituents is 1. The number of fused-ring (bicyclic) bond motifs is 1. The molecule has 0 atom stereocenters. The molecule has 0 aliphatic rings. The van der Waals surface area contributed by atoms with E-state index in [0.29, 0.717) is 16.9 Å². The quantitative estimate of drug-likeness (QED) is 0.396. The van der Waals surface area contributed by atoms with Crippen LogP contribution in [0.3, 0.4) is 0 Å². The normalized spacial score (nSPS) is 12.2. The predicted octanol–water partition coefficient (Wildman–Crippen LogP) is 4.08. The first-order valence-electron chi connectivity index (χ1n) is 8.09.